The van der Waals surface area contributed by atoms with Gasteiger partial charge in [0.2, 0.25) is 0 Å². The Morgan fingerprint density at radius 1 is 0.964 bits per heavy atom. The third-order valence-electron chi connectivity index (χ3n) is 5.28. The Morgan fingerprint density at radius 3 is 2.21 bits per heavy atom. The lowest BCUT2D eigenvalue weighted by Gasteiger charge is -2.39. The predicted molar refractivity (Wildman–Crippen MR) is 110 cm³/mol. The monoisotopic (exact) mass is 394 g/mol. The molecule has 2 aromatic carbocycles. The van der Waals surface area contributed by atoms with Crippen molar-refractivity contribution in [2.75, 3.05) is 26.2 Å². The summed E-state index contributed by atoms with van der Waals surface area (Å²) in [4.78, 5) is 21.3. The molecule has 4 rings (SSSR count). The SMILES string of the molecule is Cn1ccnc1C(=O)N1CCN([C@@H](c2ccccc2)c2ccc(Cl)cc2)CC1. The van der Waals surface area contributed by atoms with Crippen LogP contribution < -0.4 is 0 Å². The van der Waals surface area contributed by atoms with Crippen LogP contribution in [0.15, 0.2) is 67.0 Å². The molecule has 1 aliphatic rings. The van der Waals surface area contributed by atoms with Crippen molar-refractivity contribution in [2.24, 2.45) is 7.05 Å². The molecule has 2 heterocycles. The highest BCUT2D eigenvalue weighted by Gasteiger charge is 2.29. The van der Waals surface area contributed by atoms with Gasteiger partial charge in [-0.1, -0.05) is 54.1 Å². The summed E-state index contributed by atoms with van der Waals surface area (Å²) in [5.41, 5.74) is 2.45. The maximum Gasteiger partial charge on any atom is 0.289 e. The van der Waals surface area contributed by atoms with E-state index in [1.54, 1.807) is 17.0 Å². The van der Waals surface area contributed by atoms with Crippen molar-refractivity contribution in [1.29, 1.82) is 0 Å². The van der Waals surface area contributed by atoms with Crippen LogP contribution in [0.4, 0.5) is 0 Å². The van der Waals surface area contributed by atoms with Crippen LogP contribution in [-0.4, -0.2) is 51.4 Å². The highest BCUT2D eigenvalue weighted by atomic mass is 35.5. The number of halogens is 1. The van der Waals surface area contributed by atoms with Gasteiger partial charge in [0.25, 0.3) is 5.91 Å². The maximum absolute atomic E-state index is 12.7. The van der Waals surface area contributed by atoms with Gasteiger partial charge in [-0.2, -0.15) is 0 Å². The second-order valence-electron chi connectivity index (χ2n) is 7.05. The molecule has 1 saturated heterocycles. The largest absolute Gasteiger partial charge is 0.333 e. The Balaban J connectivity index is 1.53. The highest BCUT2D eigenvalue weighted by molar-refractivity contribution is 6.30. The van der Waals surface area contributed by atoms with Crippen LogP contribution in [0.3, 0.4) is 0 Å². The zero-order chi connectivity index (χ0) is 19.5. The molecule has 0 radical (unpaired) electrons. The third kappa shape index (κ3) is 3.81. The number of benzene rings is 2. The van der Waals surface area contributed by atoms with Crippen LogP contribution >= 0.6 is 11.6 Å². The first kappa shape index (κ1) is 18.7. The minimum atomic E-state index is -0.00472. The van der Waals surface area contributed by atoms with Crippen LogP contribution in [0.25, 0.3) is 0 Å². The van der Waals surface area contributed by atoms with Crippen molar-refractivity contribution < 1.29 is 4.79 Å². The van der Waals surface area contributed by atoms with Crippen LogP contribution in [0.2, 0.25) is 5.02 Å². The molecule has 28 heavy (non-hydrogen) atoms. The quantitative estimate of drug-likeness (QED) is 0.678. The first-order valence-corrected chi connectivity index (χ1v) is 9.82. The highest BCUT2D eigenvalue weighted by Crippen LogP contribution is 2.30. The van der Waals surface area contributed by atoms with Gasteiger partial charge >= 0.3 is 0 Å². The number of aryl methyl sites for hydroxylation is 1. The summed E-state index contributed by atoms with van der Waals surface area (Å²) in [7, 11) is 1.85. The van der Waals surface area contributed by atoms with E-state index in [1.165, 1.54) is 11.1 Å². The standard InChI is InChI=1S/C22H23ClN4O/c1-25-12-11-24-21(25)22(28)27-15-13-26(14-16-27)20(17-5-3-2-4-6-17)18-7-9-19(23)10-8-18/h2-12,20H,13-16H2,1H3/t20-/m0/s1. The number of piperazine rings is 1. The van der Waals surface area contributed by atoms with E-state index >= 15 is 0 Å². The summed E-state index contributed by atoms with van der Waals surface area (Å²) < 4.78 is 1.77. The summed E-state index contributed by atoms with van der Waals surface area (Å²) in [6.07, 6.45) is 3.46. The number of imidazole rings is 1. The van der Waals surface area contributed by atoms with E-state index in [4.69, 9.17) is 11.6 Å². The molecule has 6 heteroatoms. The molecule has 0 aliphatic carbocycles. The zero-order valence-electron chi connectivity index (χ0n) is 15.8. The predicted octanol–water partition coefficient (Wildman–Crippen LogP) is 3.62. The molecule has 5 nitrogen and oxygen atoms in total. The van der Waals surface area contributed by atoms with E-state index in [2.05, 4.69) is 46.3 Å². The topological polar surface area (TPSA) is 41.4 Å². The van der Waals surface area contributed by atoms with Gasteiger partial charge in [-0.3, -0.25) is 9.69 Å². The number of carbonyl (C=O) groups excluding carboxylic acids is 1. The van der Waals surface area contributed by atoms with Crippen LogP contribution in [0.1, 0.15) is 27.8 Å². The van der Waals surface area contributed by atoms with Crippen LogP contribution in [-0.2, 0) is 7.05 Å². The van der Waals surface area contributed by atoms with Crippen LogP contribution in [0, 0.1) is 0 Å². The van der Waals surface area contributed by atoms with Crippen molar-refractivity contribution in [3.05, 3.63) is 89.0 Å². The van der Waals surface area contributed by atoms with Crippen LogP contribution in [0.5, 0.6) is 0 Å². The Bertz CT molecular complexity index is 931. The summed E-state index contributed by atoms with van der Waals surface area (Å²) in [5, 5.41) is 0.737. The van der Waals surface area contributed by atoms with Crippen molar-refractivity contribution in [2.45, 2.75) is 6.04 Å². The molecule has 1 amide bonds. The number of amides is 1. The number of aromatic nitrogens is 2. The lowest BCUT2D eigenvalue weighted by atomic mass is 9.96. The van der Waals surface area contributed by atoms with Gasteiger partial charge in [-0.05, 0) is 23.3 Å². The minimum absolute atomic E-state index is 0.00472. The molecule has 0 N–H and O–H groups in total. The fourth-order valence-corrected chi connectivity index (χ4v) is 3.92. The van der Waals surface area contributed by atoms with E-state index in [0.29, 0.717) is 18.9 Å². The second kappa shape index (κ2) is 8.17. The van der Waals surface area contributed by atoms with Gasteiger partial charge in [0.05, 0.1) is 6.04 Å². The summed E-state index contributed by atoms with van der Waals surface area (Å²) in [5.74, 6) is 0.487. The van der Waals surface area contributed by atoms with Crippen molar-refractivity contribution in [3.8, 4) is 0 Å². The Labute approximate surface area is 170 Å². The molecular weight excluding hydrogens is 372 g/mol. The van der Waals surface area contributed by atoms with Crippen molar-refractivity contribution in [1.82, 2.24) is 19.4 Å². The van der Waals surface area contributed by atoms with E-state index in [1.807, 2.05) is 30.1 Å². The minimum Gasteiger partial charge on any atom is -0.333 e. The molecule has 1 fully saturated rings. The Hall–Kier alpha value is -2.63. The maximum atomic E-state index is 12.7. The first-order chi connectivity index (χ1) is 13.6. The first-order valence-electron chi connectivity index (χ1n) is 9.44. The average Bonchev–Trinajstić information content (AvgIpc) is 3.16. The molecule has 1 aromatic heterocycles. The third-order valence-corrected chi connectivity index (χ3v) is 5.53. The van der Waals surface area contributed by atoms with Gasteiger partial charge in [0.15, 0.2) is 5.82 Å². The molecule has 0 saturated carbocycles. The molecular formula is C22H23ClN4O. The number of hydrogen-bond donors (Lipinski definition) is 0. The summed E-state index contributed by atoms with van der Waals surface area (Å²) in [6.45, 7) is 2.97. The molecule has 144 valence electrons. The fraction of sp³-hybridized carbons (Fsp3) is 0.273. The van der Waals surface area contributed by atoms with Gasteiger partial charge in [-0.25, -0.2) is 4.98 Å². The number of hydrogen-bond acceptors (Lipinski definition) is 3. The van der Waals surface area contributed by atoms with Gasteiger partial charge in [-0.15, -0.1) is 0 Å². The molecule has 1 atom stereocenters. The van der Waals surface area contributed by atoms with Crippen molar-refractivity contribution >= 4 is 17.5 Å². The molecule has 1 aliphatic heterocycles. The Morgan fingerprint density at radius 2 is 1.61 bits per heavy atom. The average molecular weight is 395 g/mol. The normalized spacial score (nSPS) is 16.1. The number of carbonyl (C=O) groups is 1. The van der Waals surface area contributed by atoms with E-state index in [-0.39, 0.29) is 11.9 Å². The Kier molecular flexibility index (Phi) is 5.46. The lowest BCUT2D eigenvalue weighted by molar-refractivity contribution is 0.0582. The van der Waals surface area contributed by atoms with E-state index < -0.39 is 0 Å². The van der Waals surface area contributed by atoms with Crippen molar-refractivity contribution in [3.63, 3.8) is 0 Å². The van der Waals surface area contributed by atoms with Gasteiger partial charge in [0.1, 0.15) is 0 Å². The number of rotatable bonds is 4. The summed E-state index contributed by atoms with van der Waals surface area (Å²) >= 11 is 6.10. The number of nitrogens with zero attached hydrogens (tertiary/aromatic N) is 4. The van der Waals surface area contributed by atoms with Gasteiger partial charge < -0.3 is 9.47 Å². The smallest absolute Gasteiger partial charge is 0.289 e. The second-order valence-corrected chi connectivity index (χ2v) is 7.49. The summed E-state index contributed by atoms with van der Waals surface area (Å²) in [6, 6.07) is 18.7. The van der Waals surface area contributed by atoms with E-state index in [0.717, 1.165) is 18.1 Å². The zero-order valence-corrected chi connectivity index (χ0v) is 16.6. The molecule has 3 aromatic rings. The molecule has 0 bridgehead atoms. The van der Waals surface area contributed by atoms with E-state index in [9.17, 15) is 4.79 Å². The fourth-order valence-electron chi connectivity index (χ4n) is 3.79. The lowest BCUT2D eigenvalue weighted by Crippen LogP contribution is -2.50. The molecule has 0 unspecified atom stereocenters. The van der Waals surface area contributed by atoms with Gasteiger partial charge in [0, 0.05) is 50.6 Å². The molecule has 0 spiro atoms.